The maximum absolute atomic E-state index is 11.9. The van der Waals surface area contributed by atoms with E-state index in [2.05, 4.69) is 24.2 Å². The number of hydrogen-bond donors (Lipinski definition) is 1. The second-order valence-electron chi connectivity index (χ2n) is 4.67. The van der Waals surface area contributed by atoms with Gasteiger partial charge in [0.25, 0.3) is 0 Å². The molecule has 0 radical (unpaired) electrons. The van der Waals surface area contributed by atoms with Crippen LogP contribution < -0.4 is 5.32 Å². The molecule has 1 aliphatic rings. The van der Waals surface area contributed by atoms with E-state index in [0.29, 0.717) is 12.1 Å². The first kappa shape index (κ1) is 13.3. The van der Waals surface area contributed by atoms with Crippen molar-refractivity contribution in [3.63, 3.8) is 0 Å². The van der Waals surface area contributed by atoms with Gasteiger partial charge in [0.15, 0.2) is 0 Å². The van der Waals surface area contributed by atoms with E-state index in [1.165, 1.54) is 0 Å². The van der Waals surface area contributed by atoms with Crippen LogP contribution in [0.3, 0.4) is 0 Å². The molecule has 0 saturated carbocycles. The van der Waals surface area contributed by atoms with Crippen LogP contribution in [0.2, 0.25) is 0 Å². The SMILES string of the molecule is CCN(CC)C(=O)NC1CCN(C)C(C)C1. The topological polar surface area (TPSA) is 35.6 Å². The highest BCUT2D eigenvalue weighted by atomic mass is 16.2. The number of likely N-dealkylation sites (tertiary alicyclic amines) is 1. The fourth-order valence-electron chi connectivity index (χ4n) is 2.20. The molecule has 1 rings (SSSR count). The zero-order chi connectivity index (χ0) is 12.1. The Morgan fingerprint density at radius 2 is 2.06 bits per heavy atom. The largest absolute Gasteiger partial charge is 0.335 e. The molecular weight excluding hydrogens is 202 g/mol. The van der Waals surface area contributed by atoms with Crippen molar-refractivity contribution in [2.24, 2.45) is 0 Å². The van der Waals surface area contributed by atoms with Gasteiger partial charge in [-0.1, -0.05) is 0 Å². The second kappa shape index (κ2) is 6.09. The highest BCUT2D eigenvalue weighted by Crippen LogP contribution is 2.15. The smallest absolute Gasteiger partial charge is 0.317 e. The van der Waals surface area contributed by atoms with Gasteiger partial charge in [-0.2, -0.15) is 0 Å². The Bertz CT molecular complexity index is 228. The molecule has 0 bridgehead atoms. The van der Waals surface area contributed by atoms with E-state index in [1.54, 1.807) is 0 Å². The average Bonchev–Trinajstić information content (AvgIpc) is 2.25. The third-order valence-electron chi connectivity index (χ3n) is 3.59. The molecule has 0 aromatic rings. The first-order chi connectivity index (χ1) is 7.58. The standard InChI is InChI=1S/C12H25N3O/c1-5-15(6-2)12(16)13-11-7-8-14(4)10(3)9-11/h10-11H,5-9H2,1-4H3,(H,13,16). The molecule has 1 N–H and O–H groups in total. The maximum Gasteiger partial charge on any atom is 0.317 e. The molecule has 4 nitrogen and oxygen atoms in total. The number of carbonyl (C=O) groups is 1. The van der Waals surface area contributed by atoms with Crippen LogP contribution in [0.15, 0.2) is 0 Å². The van der Waals surface area contributed by atoms with Crippen LogP contribution in [0.5, 0.6) is 0 Å². The molecule has 2 unspecified atom stereocenters. The quantitative estimate of drug-likeness (QED) is 0.793. The lowest BCUT2D eigenvalue weighted by Gasteiger charge is -2.36. The van der Waals surface area contributed by atoms with Crippen LogP contribution in [0.25, 0.3) is 0 Å². The number of piperidine rings is 1. The van der Waals surface area contributed by atoms with Crippen LogP contribution in [-0.4, -0.2) is 54.6 Å². The number of carbonyl (C=O) groups excluding carboxylic acids is 1. The van der Waals surface area contributed by atoms with Crippen molar-refractivity contribution in [1.29, 1.82) is 0 Å². The van der Waals surface area contributed by atoms with Crippen LogP contribution >= 0.6 is 0 Å². The Morgan fingerprint density at radius 1 is 1.44 bits per heavy atom. The highest BCUT2D eigenvalue weighted by Gasteiger charge is 2.24. The van der Waals surface area contributed by atoms with E-state index in [0.717, 1.165) is 32.5 Å². The van der Waals surface area contributed by atoms with Gasteiger partial charge in [0.2, 0.25) is 0 Å². The lowest BCUT2D eigenvalue weighted by atomic mass is 9.99. The van der Waals surface area contributed by atoms with Gasteiger partial charge in [0.05, 0.1) is 0 Å². The molecule has 1 aliphatic heterocycles. The van der Waals surface area contributed by atoms with Crippen molar-refractivity contribution in [3.05, 3.63) is 0 Å². The van der Waals surface area contributed by atoms with Crippen LogP contribution in [0.1, 0.15) is 33.6 Å². The van der Waals surface area contributed by atoms with Crippen molar-refractivity contribution in [3.8, 4) is 0 Å². The molecule has 4 heteroatoms. The fraction of sp³-hybridized carbons (Fsp3) is 0.917. The fourth-order valence-corrected chi connectivity index (χ4v) is 2.20. The molecule has 1 fully saturated rings. The van der Waals surface area contributed by atoms with Gasteiger partial charge in [0.1, 0.15) is 0 Å². The third kappa shape index (κ3) is 3.37. The van der Waals surface area contributed by atoms with E-state index >= 15 is 0 Å². The molecule has 0 spiro atoms. The number of nitrogens with one attached hydrogen (secondary N) is 1. The van der Waals surface area contributed by atoms with Crippen LogP contribution in [0.4, 0.5) is 4.79 Å². The lowest BCUT2D eigenvalue weighted by Crippen LogP contribution is -2.50. The monoisotopic (exact) mass is 227 g/mol. The molecule has 1 heterocycles. The molecule has 0 aliphatic carbocycles. The first-order valence-electron chi connectivity index (χ1n) is 6.34. The number of nitrogens with zero attached hydrogens (tertiary/aromatic N) is 2. The van der Waals surface area contributed by atoms with Crippen LogP contribution in [-0.2, 0) is 0 Å². The van der Waals surface area contributed by atoms with Gasteiger partial charge >= 0.3 is 6.03 Å². The number of rotatable bonds is 3. The molecule has 0 aromatic heterocycles. The minimum atomic E-state index is 0.0896. The molecule has 16 heavy (non-hydrogen) atoms. The summed E-state index contributed by atoms with van der Waals surface area (Å²) in [5.74, 6) is 0. The zero-order valence-corrected chi connectivity index (χ0v) is 11.0. The van der Waals surface area contributed by atoms with Gasteiger partial charge in [0, 0.05) is 31.7 Å². The van der Waals surface area contributed by atoms with Crippen molar-refractivity contribution >= 4 is 6.03 Å². The maximum atomic E-state index is 11.9. The van der Waals surface area contributed by atoms with Crippen molar-refractivity contribution < 1.29 is 4.79 Å². The normalized spacial score (nSPS) is 26.5. The van der Waals surface area contributed by atoms with Crippen molar-refractivity contribution in [1.82, 2.24) is 15.1 Å². The van der Waals surface area contributed by atoms with Crippen LogP contribution in [0, 0.1) is 0 Å². The van der Waals surface area contributed by atoms with Gasteiger partial charge in [-0.15, -0.1) is 0 Å². The van der Waals surface area contributed by atoms with E-state index in [-0.39, 0.29) is 6.03 Å². The van der Waals surface area contributed by atoms with E-state index in [1.807, 2.05) is 18.7 Å². The van der Waals surface area contributed by atoms with Gasteiger partial charge in [-0.05, 0) is 40.7 Å². The molecule has 2 atom stereocenters. The molecule has 2 amide bonds. The summed E-state index contributed by atoms with van der Waals surface area (Å²) in [7, 11) is 2.15. The predicted molar refractivity (Wildman–Crippen MR) is 66.6 cm³/mol. The highest BCUT2D eigenvalue weighted by molar-refractivity contribution is 5.74. The average molecular weight is 227 g/mol. The minimum Gasteiger partial charge on any atom is -0.335 e. The summed E-state index contributed by atoms with van der Waals surface area (Å²) in [6.45, 7) is 8.88. The van der Waals surface area contributed by atoms with Gasteiger partial charge in [-0.25, -0.2) is 4.79 Å². The van der Waals surface area contributed by atoms with Crippen molar-refractivity contribution in [2.75, 3.05) is 26.7 Å². The Labute approximate surface area is 99.0 Å². The Hall–Kier alpha value is -0.770. The lowest BCUT2D eigenvalue weighted by molar-refractivity contribution is 0.157. The second-order valence-corrected chi connectivity index (χ2v) is 4.67. The van der Waals surface area contributed by atoms with Gasteiger partial charge in [-0.3, -0.25) is 0 Å². The summed E-state index contributed by atoms with van der Waals surface area (Å²) in [5, 5.41) is 3.13. The Balaban J connectivity index is 2.40. The summed E-state index contributed by atoms with van der Waals surface area (Å²) in [6.07, 6.45) is 2.12. The van der Waals surface area contributed by atoms with Crippen molar-refractivity contribution in [2.45, 2.75) is 45.7 Å². The summed E-state index contributed by atoms with van der Waals surface area (Å²) >= 11 is 0. The zero-order valence-electron chi connectivity index (χ0n) is 11.0. The molecule has 1 saturated heterocycles. The molecule has 0 aromatic carbocycles. The Kier molecular flexibility index (Phi) is 5.06. The van der Waals surface area contributed by atoms with E-state index in [9.17, 15) is 4.79 Å². The molecular formula is C12H25N3O. The van der Waals surface area contributed by atoms with E-state index in [4.69, 9.17) is 0 Å². The summed E-state index contributed by atoms with van der Waals surface area (Å²) < 4.78 is 0. The minimum absolute atomic E-state index is 0.0896. The summed E-state index contributed by atoms with van der Waals surface area (Å²) in [4.78, 5) is 16.0. The Morgan fingerprint density at radius 3 is 2.56 bits per heavy atom. The first-order valence-corrected chi connectivity index (χ1v) is 6.34. The van der Waals surface area contributed by atoms with Gasteiger partial charge < -0.3 is 15.1 Å². The summed E-state index contributed by atoms with van der Waals surface area (Å²) in [6, 6.07) is 1.00. The molecule has 94 valence electrons. The number of hydrogen-bond acceptors (Lipinski definition) is 2. The van der Waals surface area contributed by atoms with E-state index < -0.39 is 0 Å². The number of urea groups is 1. The third-order valence-corrected chi connectivity index (χ3v) is 3.59. The number of amides is 2. The predicted octanol–water partition coefficient (Wildman–Crippen LogP) is 1.52. The summed E-state index contributed by atoms with van der Waals surface area (Å²) in [5.41, 5.74) is 0.